The normalized spacial score (nSPS) is 14.5. The Labute approximate surface area is 167 Å². The lowest BCUT2D eigenvalue weighted by Crippen LogP contribution is -2.49. The highest BCUT2D eigenvalue weighted by Crippen LogP contribution is 2.20. The smallest absolute Gasteiger partial charge is 0.256 e. The van der Waals surface area contributed by atoms with Gasteiger partial charge in [-0.25, -0.2) is 9.67 Å². The molecule has 0 radical (unpaired) electrons. The van der Waals surface area contributed by atoms with Gasteiger partial charge >= 0.3 is 0 Å². The Morgan fingerprint density at radius 3 is 2.66 bits per heavy atom. The number of nitrogens with zero attached hydrogens (tertiary/aromatic N) is 8. The van der Waals surface area contributed by atoms with Gasteiger partial charge in [-0.05, 0) is 25.1 Å². The summed E-state index contributed by atoms with van der Waals surface area (Å²) in [5, 5.41) is 8.56. The van der Waals surface area contributed by atoms with E-state index in [-0.39, 0.29) is 5.91 Å². The van der Waals surface area contributed by atoms with Gasteiger partial charge in [0.1, 0.15) is 12.1 Å². The molecule has 0 N–H and O–H groups in total. The number of amides is 1. The van der Waals surface area contributed by atoms with Crippen molar-refractivity contribution in [3.05, 3.63) is 66.4 Å². The van der Waals surface area contributed by atoms with E-state index < -0.39 is 0 Å². The van der Waals surface area contributed by atoms with Crippen molar-refractivity contribution >= 4 is 17.5 Å². The Hall–Kier alpha value is -3.75. The number of aryl methyl sites for hydroxylation is 1. The van der Waals surface area contributed by atoms with E-state index in [1.807, 2.05) is 54.4 Å². The number of aromatic nitrogens is 6. The molecule has 3 aromatic heterocycles. The summed E-state index contributed by atoms with van der Waals surface area (Å²) in [7, 11) is 0. The minimum atomic E-state index is 0.0209. The molecule has 9 heteroatoms. The van der Waals surface area contributed by atoms with E-state index >= 15 is 0 Å². The zero-order valence-corrected chi connectivity index (χ0v) is 16.0. The summed E-state index contributed by atoms with van der Waals surface area (Å²) in [6.07, 6.45) is 5.07. The highest BCUT2D eigenvalue weighted by molar-refractivity contribution is 5.97. The molecular formula is C20H20N8O. The Morgan fingerprint density at radius 2 is 1.86 bits per heavy atom. The van der Waals surface area contributed by atoms with Crippen LogP contribution in [0.4, 0.5) is 5.82 Å². The Balaban J connectivity index is 1.36. The van der Waals surface area contributed by atoms with E-state index in [9.17, 15) is 4.79 Å². The van der Waals surface area contributed by atoms with Crippen molar-refractivity contribution in [1.29, 1.82) is 0 Å². The van der Waals surface area contributed by atoms with Crippen LogP contribution in [0.1, 0.15) is 16.1 Å². The highest BCUT2D eigenvalue weighted by atomic mass is 16.2. The van der Waals surface area contributed by atoms with Gasteiger partial charge in [0.2, 0.25) is 0 Å². The third-order valence-electron chi connectivity index (χ3n) is 5.14. The SMILES string of the molecule is Cc1cc(N2CCN(C(=O)c3ccccc3-n3cccn3)CC2)n2ncnc2n1. The summed E-state index contributed by atoms with van der Waals surface area (Å²) in [5.41, 5.74) is 2.34. The van der Waals surface area contributed by atoms with Crippen molar-refractivity contribution in [1.82, 2.24) is 34.3 Å². The Morgan fingerprint density at radius 1 is 1.03 bits per heavy atom. The topological polar surface area (TPSA) is 84.5 Å². The van der Waals surface area contributed by atoms with Crippen LogP contribution in [0.25, 0.3) is 11.5 Å². The van der Waals surface area contributed by atoms with E-state index in [0.29, 0.717) is 37.5 Å². The van der Waals surface area contributed by atoms with Gasteiger partial charge in [0.25, 0.3) is 11.7 Å². The molecule has 0 atom stereocenters. The molecule has 1 fully saturated rings. The number of carbonyl (C=O) groups excluding carboxylic acids is 1. The maximum absolute atomic E-state index is 13.2. The molecule has 146 valence electrons. The molecule has 0 unspecified atom stereocenters. The second-order valence-corrected chi connectivity index (χ2v) is 6.97. The maximum Gasteiger partial charge on any atom is 0.256 e. The molecule has 1 aliphatic heterocycles. The maximum atomic E-state index is 13.2. The van der Waals surface area contributed by atoms with E-state index in [4.69, 9.17) is 0 Å². The van der Waals surface area contributed by atoms with Gasteiger partial charge in [-0.15, -0.1) is 0 Å². The Bertz CT molecular complexity index is 1160. The molecule has 0 saturated carbocycles. The molecule has 1 aliphatic rings. The summed E-state index contributed by atoms with van der Waals surface area (Å²) in [6.45, 7) is 4.64. The molecule has 0 spiro atoms. The van der Waals surface area contributed by atoms with Crippen molar-refractivity contribution in [3.63, 3.8) is 0 Å². The van der Waals surface area contributed by atoms with Crippen LogP contribution in [-0.4, -0.2) is 66.3 Å². The van der Waals surface area contributed by atoms with Crippen LogP contribution < -0.4 is 4.90 Å². The fourth-order valence-corrected chi connectivity index (χ4v) is 3.71. The molecule has 29 heavy (non-hydrogen) atoms. The monoisotopic (exact) mass is 388 g/mol. The van der Waals surface area contributed by atoms with Gasteiger partial charge in [-0.3, -0.25) is 4.79 Å². The molecule has 0 bridgehead atoms. The van der Waals surface area contributed by atoms with Crippen molar-refractivity contribution in [2.45, 2.75) is 6.92 Å². The number of fused-ring (bicyclic) bond motifs is 1. The second kappa shape index (κ2) is 7.01. The predicted octanol–water partition coefficient (Wildman–Crippen LogP) is 1.58. The summed E-state index contributed by atoms with van der Waals surface area (Å²) in [6, 6.07) is 11.4. The van der Waals surface area contributed by atoms with Crippen molar-refractivity contribution in [3.8, 4) is 5.69 Å². The molecule has 1 amide bonds. The lowest BCUT2D eigenvalue weighted by Gasteiger charge is -2.36. The molecule has 9 nitrogen and oxygen atoms in total. The number of para-hydroxylation sites is 1. The first-order chi connectivity index (χ1) is 14.2. The summed E-state index contributed by atoms with van der Waals surface area (Å²) in [5.74, 6) is 1.56. The van der Waals surface area contributed by atoms with Crippen molar-refractivity contribution in [2.75, 3.05) is 31.1 Å². The number of piperazine rings is 1. The van der Waals surface area contributed by atoms with Crippen LogP contribution in [0, 0.1) is 6.92 Å². The van der Waals surface area contributed by atoms with Gasteiger partial charge in [-0.2, -0.15) is 19.7 Å². The number of hydrogen-bond donors (Lipinski definition) is 0. The number of rotatable bonds is 3. The molecule has 0 aliphatic carbocycles. The largest absolute Gasteiger partial charge is 0.353 e. The second-order valence-electron chi connectivity index (χ2n) is 6.97. The average Bonchev–Trinajstić information content (AvgIpc) is 3.45. The zero-order valence-electron chi connectivity index (χ0n) is 16.0. The van der Waals surface area contributed by atoms with Gasteiger partial charge in [0.05, 0.1) is 11.3 Å². The first-order valence-electron chi connectivity index (χ1n) is 9.51. The average molecular weight is 388 g/mol. The van der Waals surface area contributed by atoms with Crippen LogP contribution in [0.2, 0.25) is 0 Å². The van der Waals surface area contributed by atoms with Crippen LogP contribution in [0.5, 0.6) is 0 Å². The van der Waals surface area contributed by atoms with E-state index in [1.165, 1.54) is 6.33 Å². The highest BCUT2D eigenvalue weighted by Gasteiger charge is 2.25. The fraction of sp³-hybridized carbons (Fsp3) is 0.250. The van der Waals surface area contributed by atoms with Crippen molar-refractivity contribution in [2.24, 2.45) is 0 Å². The minimum absolute atomic E-state index is 0.0209. The van der Waals surface area contributed by atoms with E-state index in [0.717, 1.165) is 17.2 Å². The molecule has 4 heterocycles. The lowest BCUT2D eigenvalue weighted by molar-refractivity contribution is 0.0746. The lowest BCUT2D eigenvalue weighted by atomic mass is 10.1. The third kappa shape index (κ3) is 3.10. The molecule has 1 saturated heterocycles. The molecule has 5 rings (SSSR count). The first-order valence-corrected chi connectivity index (χ1v) is 9.51. The standard InChI is InChI=1S/C20H20N8O/c1-15-13-18(28-20(24-15)21-14-23-28)25-9-11-26(12-10-25)19(29)16-5-2-3-6-17(16)27-8-4-7-22-27/h2-8,13-14H,9-12H2,1H3. The van der Waals surface area contributed by atoms with Crippen molar-refractivity contribution < 1.29 is 4.79 Å². The van der Waals surface area contributed by atoms with Crippen LogP contribution >= 0.6 is 0 Å². The van der Waals surface area contributed by atoms with Gasteiger partial charge in [0, 0.05) is 50.3 Å². The van der Waals surface area contributed by atoms with E-state index in [1.54, 1.807) is 15.4 Å². The van der Waals surface area contributed by atoms with Crippen LogP contribution in [-0.2, 0) is 0 Å². The van der Waals surface area contributed by atoms with Gasteiger partial charge in [-0.1, -0.05) is 12.1 Å². The first kappa shape index (κ1) is 17.4. The van der Waals surface area contributed by atoms with Gasteiger partial charge in [0.15, 0.2) is 0 Å². The molecule has 4 aromatic rings. The minimum Gasteiger partial charge on any atom is -0.353 e. The van der Waals surface area contributed by atoms with Gasteiger partial charge < -0.3 is 9.80 Å². The number of carbonyl (C=O) groups is 1. The predicted molar refractivity (Wildman–Crippen MR) is 107 cm³/mol. The number of hydrogen-bond acceptors (Lipinski definition) is 6. The quantitative estimate of drug-likeness (QED) is 0.530. The summed E-state index contributed by atoms with van der Waals surface area (Å²) in [4.78, 5) is 25.9. The van der Waals surface area contributed by atoms with E-state index in [2.05, 4.69) is 25.1 Å². The summed E-state index contributed by atoms with van der Waals surface area (Å²) < 4.78 is 3.47. The van der Waals surface area contributed by atoms with Crippen LogP contribution in [0.3, 0.4) is 0 Å². The number of benzene rings is 1. The zero-order chi connectivity index (χ0) is 19.8. The molecular weight excluding hydrogens is 368 g/mol. The fourth-order valence-electron chi connectivity index (χ4n) is 3.71. The summed E-state index contributed by atoms with van der Waals surface area (Å²) >= 11 is 0. The molecule has 1 aromatic carbocycles. The third-order valence-corrected chi connectivity index (χ3v) is 5.14. The number of anilines is 1. The Kier molecular flexibility index (Phi) is 4.19. The van der Waals surface area contributed by atoms with Crippen LogP contribution in [0.15, 0.2) is 55.1 Å².